The molecule has 98 valence electrons. The van der Waals surface area contributed by atoms with Crippen molar-refractivity contribution in [1.82, 2.24) is 14.7 Å². The van der Waals surface area contributed by atoms with Gasteiger partial charge >= 0.3 is 0 Å². The maximum absolute atomic E-state index is 12.0. The molecule has 0 radical (unpaired) electrons. The molecule has 0 aromatic carbocycles. The van der Waals surface area contributed by atoms with Crippen molar-refractivity contribution < 1.29 is 8.42 Å². The lowest BCUT2D eigenvalue weighted by Gasteiger charge is -2.04. The first-order chi connectivity index (χ1) is 9.01. The van der Waals surface area contributed by atoms with Gasteiger partial charge < -0.3 is 0 Å². The van der Waals surface area contributed by atoms with E-state index < -0.39 is 10.0 Å². The smallest absolute Gasteiger partial charge is 0.242 e. The van der Waals surface area contributed by atoms with Crippen LogP contribution in [0, 0.1) is 18.3 Å². The molecule has 0 unspecified atom stereocenters. The number of rotatable bonds is 4. The zero-order chi connectivity index (χ0) is 13.9. The van der Waals surface area contributed by atoms with Crippen LogP contribution in [0.25, 0.3) is 0 Å². The predicted octanol–water partition coefficient (Wildman–Crippen LogP) is 1.20. The normalized spacial score (nSPS) is 11.2. The molecule has 0 aliphatic carbocycles. The summed E-state index contributed by atoms with van der Waals surface area (Å²) in [5, 5.41) is 8.68. The first kappa shape index (κ1) is 13.6. The molecule has 2 rings (SSSR count). The standard InChI is InChI=1S/C11H10N4O2S2/c1-8-13-5-4-9(15-8)7-14-19(16,17)11-3-2-10(6-12)18-11/h2-5,14H,7H2,1H3. The van der Waals surface area contributed by atoms with Crippen LogP contribution in [0.15, 0.2) is 28.6 Å². The van der Waals surface area contributed by atoms with Gasteiger partial charge in [-0.15, -0.1) is 11.3 Å². The van der Waals surface area contributed by atoms with Crippen LogP contribution in [0.2, 0.25) is 0 Å². The second-order valence-electron chi connectivity index (χ2n) is 3.65. The van der Waals surface area contributed by atoms with Crippen LogP contribution in [-0.2, 0) is 16.6 Å². The molecule has 0 saturated heterocycles. The molecule has 2 aromatic rings. The number of thiophene rings is 1. The zero-order valence-corrected chi connectivity index (χ0v) is 11.6. The fourth-order valence-electron chi connectivity index (χ4n) is 1.37. The maximum Gasteiger partial charge on any atom is 0.250 e. The van der Waals surface area contributed by atoms with Crippen LogP contribution in [0.3, 0.4) is 0 Å². The lowest BCUT2D eigenvalue weighted by atomic mass is 10.4. The minimum absolute atomic E-state index is 0.0888. The van der Waals surface area contributed by atoms with Gasteiger partial charge in [-0.3, -0.25) is 0 Å². The third kappa shape index (κ3) is 3.35. The van der Waals surface area contributed by atoms with Crippen molar-refractivity contribution in [3.8, 4) is 6.07 Å². The number of hydrogen-bond acceptors (Lipinski definition) is 6. The van der Waals surface area contributed by atoms with Gasteiger partial charge in [-0.1, -0.05) is 0 Å². The molecule has 0 aliphatic rings. The Hall–Kier alpha value is -1.82. The average molecular weight is 294 g/mol. The third-order valence-corrected chi connectivity index (χ3v) is 5.12. The van der Waals surface area contributed by atoms with Crippen molar-refractivity contribution in [2.75, 3.05) is 0 Å². The van der Waals surface area contributed by atoms with Gasteiger partial charge in [0.15, 0.2) is 0 Å². The lowest BCUT2D eigenvalue weighted by Crippen LogP contribution is -2.23. The van der Waals surface area contributed by atoms with Gasteiger partial charge in [0.05, 0.1) is 12.2 Å². The van der Waals surface area contributed by atoms with Crippen molar-refractivity contribution >= 4 is 21.4 Å². The average Bonchev–Trinajstić information content (AvgIpc) is 2.86. The van der Waals surface area contributed by atoms with Crippen LogP contribution in [0.5, 0.6) is 0 Å². The first-order valence-electron chi connectivity index (χ1n) is 5.29. The number of hydrogen-bond donors (Lipinski definition) is 1. The Labute approximate surface area is 114 Å². The van der Waals surface area contributed by atoms with Crippen LogP contribution >= 0.6 is 11.3 Å². The second kappa shape index (κ2) is 5.44. The van der Waals surface area contributed by atoms with E-state index >= 15 is 0 Å². The number of nitrogens with zero attached hydrogens (tertiary/aromatic N) is 3. The minimum Gasteiger partial charge on any atom is -0.242 e. The topological polar surface area (TPSA) is 95.7 Å². The van der Waals surface area contributed by atoms with E-state index in [0.29, 0.717) is 16.4 Å². The highest BCUT2D eigenvalue weighted by atomic mass is 32.2. The van der Waals surface area contributed by atoms with Crippen molar-refractivity contribution in [3.63, 3.8) is 0 Å². The minimum atomic E-state index is -3.60. The molecule has 8 heteroatoms. The second-order valence-corrected chi connectivity index (χ2v) is 6.73. The summed E-state index contributed by atoms with van der Waals surface area (Å²) < 4.78 is 26.5. The van der Waals surface area contributed by atoms with Crippen LogP contribution in [0.4, 0.5) is 0 Å². The van der Waals surface area contributed by atoms with Gasteiger partial charge in [-0.05, 0) is 25.1 Å². The van der Waals surface area contributed by atoms with Gasteiger partial charge in [0.25, 0.3) is 0 Å². The Bertz CT molecular complexity index is 731. The van der Waals surface area contributed by atoms with Crippen LogP contribution < -0.4 is 4.72 Å². The molecule has 0 amide bonds. The van der Waals surface area contributed by atoms with E-state index in [4.69, 9.17) is 5.26 Å². The molecular weight excluding hydrogens is 284 g/mol. The molecule has 1 N–H and O–H groups in total. The van der Waals surface area contributed by atoms with E-state index in [1.165, 1.54) is 12.1 Å². The number of nitriles is 1. The Morgan fingerprint density at radius 2 is 2.21 bits per heavy atom. The molecule has 0 atom stereocenters. The predicted molar refractivity (Wildman–Crippen MR) is 69.8 cm³/mol. The lowest BCUT2D eigenvalue weighted by molar-refractivity contribution is 0.582. The molecule has 0 spiro atoms. The molecule has 0 fully saturated rings. The fraction of sp³-hybridized carbons (Fsp3) is 0.182. The van der Waals surface area contributed by atoms with Gasteiger partial charge in [0.2, 0.25) is 10.0 Å². The zero-order valence-electron chi connectivity index (χ0n) is 9.99. The highest BCUT2D eigenvalue weighted by Gasteiger charge is 2.16. The Kier molecular flexibility index (Phi) is 3.90. The van der Waals surface area contributed by atoms with Crippen molar-refractivity contribution in [2.45, 2.75) is 17.7 Å². The molecule has 19 heavy (non-hydrogen) atoms. The highest BCUT2D eigenvalue weighted by Crippen LogP contribution is 2.20. The van der Waals surface area contributed by atoms with E-state index in [1.54, 1.807) is 19.2 Å². The third-order valence-electron chi connectivity index (χ3n) is 2.23. The Balaban J connectivity index is 2.12. The molecule has 0 bridgehead atoms. The monoisotopic (exact) mass is 294 g/mol. The largest absolute Gasteiger partial charge is 0.250 e. The van der Waals surface area contributed by atoms with Crippen molar-refractivity contribution in [3.05, 3.63) is 40.8 Å². The molecule has 2 aromatic heterocycles. The van der Waals surface area contributed by atoms with E-state index in [0.717, 1.165) is 11.3 Å². The van der Waals surface area contributed by atoms with Gasteiger partial charge in [0.1, 0.15) is 21.0 Å². The van der Waals surface area contributed by atoms with Crippen LogP contribution in [-0.4, -0.2) is 18.4 Å². The SMILES string of the molecule is Cc1nccc(CNS(=O)(=O)c2ccc(C#N)s2)n1. The summed E-state index contributed by atoms with van der Waals surface area (Å²) in [7, 11) is -3.60. The summed E-state index contributed by atoms with van der Waals surface area (Å²) in [5.74, 6) is 0.583. The van der Waals surface area contributed by atoms with E-state index in [9.17, 15) is 8.42 Å². The summed E-state index contributed by atoms with van der Waals surface area (Å²) in [6.07, 6.45) is 1.57. The summed E-state index contributed by atoms with van der Waals surface area (Å²) in [5.41, 5.74) is 0.591. The maximum atomic E-state index is 12.0. The summed E-state index contributed by atoms with van der Waals surface area (Å²) in [6, 6.07) is 6.44. The fourth-order valence-corrected chi connectivity index (χ4v) is 3.52. The summed E-state index contributed by atoms with van der Waals surface area (Å²) in [4.78, 5) is 8.40. The van der Waals surface area contributed by atoms with Crippen molar-refractivity contribution in [2.24, 2.45) is 0 Å². The number of sulfonamides is 1. The van der Waals surface area contributed by atoms with E-state index in [-0.39, 0.29) is 10.8 Å². The summed E-state index contributed by atoms with van der Waals surface area (Å²) in [6.45, 7) is 1.82. The Morgan fingerprint density at radius 1 is 1.42 bits per heavy atom. The molecule has 6 nitrogen and oxygen atoms in total. The molecule has 0 saturated carbocycles. The number of nitrogens with one attached hydrogen (secondary N) is 1. The number of aromatic nitrogens is 2. The van der Waals surface area contributed by atoms with Gasteiger partial charge in [0, 0.05) is 6.20 Å². The molecule has 0 aliphatic heterocycles. The van der Waals surface area contributed by atoms with Crippen molar-refractivity contribution in [1.29, 1.82) is 5.26 Å². The van der Waals surface area contributed by atoms with Gasteiger partial charge in [-0.2, -0.15) is 5.26 Å². The molecular formula is C11H10N4O2S2. The number of aryl methyl sites for hydroxylation is 1. The highest BCUT2D eigenvalue weighted by molar-refractivity contribution is 7.91. The van der Waals surface area contributed by atoms with E-state index in [2.05, 4.69) is 14.7 Å². The first-order valence-corrected chi connectivity index (χ1v) is 7.59. The van der Waals surface area contributed by atoms with E-state index in [1.807, 2.05) is 6.07 Å². The molecule has 2 heterocycles. The van der Waals surface area contributed by atoms with Gasteiger partial charge in [-0.25, -0.2) is 23.1 Å². The van der Waals surface area contributed by atoms with Crippen LogP contribution in [0.1, 0.15) is 16.4 Å². The Morgan fingerprint density at radius 3 is 2.84 bits per heavy atom. The quantitative estimate of drug-likeness (QED) is 0.914. The summed E-state index contributed by atoms with van der Waals surface area (Å²) >= 11 is 0.934.